The summed E-state index contributed by atoms with van der Waals surface area (Å²) < 4.78 is 11.2. The summed E-state index contributed by atoms with van der Waals surface area (Å²) in [7, 11) is 0. The minimum Gasteiger partial charge on any atom is -0.352 e. The van der Waals surface area contributed by atoms with Crippen LogP contribution in [0.25, 0.3) is 11.4 Å². The smallest absolute Gasteiger partial charge is 0.250 e. The van der Waals surface area contributed by atoms with Gasteiger partial charge in [-0.25, -0.2) is 9.37 Å². The molecule has 0 unspecified atom stereocenters. The highest BCUT2D eigenvalue weighted by Crippen LogP contribution is 2.36. The normalized spacial score (nSPS) is 12.3. The molecule has 0 amide bonds. The second kappa shape index (κ2) is 6.73. The van der Waals surface area contributed by atoms with Crippen molar-refractivity contribution in [1.29, 1.82) is 0 Å². The number of anilines is 1. The van der Waals surface area contributed by atoms with Crippen molar-refractivity contribution >= 4 is 40.8 Å². The first kappa shape index (κ1) is 18.1. The van der Waals surface area contributed by atoms with Gasteiger partial charge < -0.3 is 11.1 Å². The van der Waals surface area contributed by atoms with Crippen molar-refractivity contribution in [2.45, 2.75) is 23.2 Å². The van der Waals surface area contributed by atoms with Crippen LogP contribution >= 0.6 is 34.8 Å². The number of hydrogen-bond donors (Lipinski definition) is 2. The van der Waals surface area contributed by atoms with Gasteiger partial charge in [0.25, 0.3) is 0 Å². The van der Waals surface area contributed by atoms with Crippen molar-refractivity contribution < 1.29 is 4.39 Å². The van der Waals surface area contributed by atoms with Crippen LogP contribution in [0.4, 0.5) is 10.3 Å². The van der Waals surface area contributed by atoms with E-state index in [1.165, 1.54) is 24.3 Å². The average molecular weight is 379 g/mol. The Balaban J connectivity index is 2.43. The first-order valence-electron chi connectivity index (χ1n) is 6.66. The van der Waals surface area contributed by atoms with E-state index in [9.17, 15) is 4.39 Å². The predicted octanol–water partition coefficient (Wildman–Crippen LogP) is 3.65. The highest BCUT2D eigenvalue weighted by Gasteiger charge is 2.28. The lowest BCUT2D eigenvalue weighted by Crippen LogP contribution is -2.40. The Labute approximate surface area is 148 Å². The van der Waals surface area contributed by atoms with Crippen molar-refractivity contribution in [3.8, 4) is 11.4 Å². The number of hydrogen-bond acceptors (Lipinski definition) is 5. The van der Waals surface area contributed by atoms with Crippen molar-refractivity contribution in [2.24, 2.45) is 5.73 Å². The number of halogens is 4. The van der Waals surface area contributed by atoms with E-state index < -0.39 is 9.33 Å². The lowest BCUT2D eigenvalue weighted by molar-refractivity contribution is 0.547. The van der Waals surface area contributed by atoms with Crippen molar-refractivity contribution in [3.05, 3.63) is 35.9 Å². The molecule has 0 radical (unpaired) electrons. The maximum absolute atomic E-state index is 13.1. The van der Waals surface area contributed by atoms with Gasteiger partial charge in [-0.05, 0) is 38.1 Å². The molecule has 0 saturated carbocycles. The SMILES string of the molecule is CC(C)(N)CNc1nc(-c2ccc(F)cc2)nc(C(Cl)(Cl)Cl)n1. The molecule has 1 heterocycles. The molecule has 5 nitrogen and oxygen atoms in total. The second-order valence-corrected chi connectivity index (χ2v) is 7.93. The maximum Gasteiger partial charge on any atom is 0.250 e. The Morgan fingerprint density at radius 2 is 1.70 bits per heavy atom. The van der Waals surface area contributed by atoms with Gasteiger partial charge in [0.2, 0.25) is 9.74 Å². The van der Waals surface area contributed by atoms with E-state index in [1.807, 2.05) is 13.8 Å². The molecule has 2 rings (SSSR count). The van der Waals surface area contributed by atoms with Crippen LogP contribution in [-0.2, 0) is 3.79 Å². The molecule has 9 heteroatoms. The van der Waals surface area contributed by atoms with Crippen LogP contribution in [0.2, 0.25) is 0 Å². The van der Waals surface area contributed by atoms with Crippen molar-refractivity contribution in [1.82, 2.24) is 15.0 Å². The fraction of sp³-hybridized carbons (Fsp3) is 0.357. The lowest BCUT2D eigenvalue weighted by Gasteiger charge is -2.19. The van der Waals surface area contributed by atoms with Crippen LogP contribution in [0.5, 0.6) is 0 Å². The standard InChI is InChI=1S/C14H15Cl3FN5/c1-13(2,19)7-20-12-22-10(8-3-5-9(18)6-4-8)21-11(23-12)14(15,16)17/h3-6H,7,19H2,1-2H3,(H,20,21,22,23). The Hall–Kier alpha value is -1.21. The number of rotatable bonds is 4. The average Bonchev–Trinajstić information content (AvgIpc) is 2.44. The quantitative estimate of drug-likeness (QED) is 0.794. The third-order valence-electron chi connectivity index (χ3n) is 2.69. The third kappa shape index (κ3) is 5.42. The molecule has 0 saturated heterocycles. The first-order valence-corrected chi connectivity index (χ1v) is 7.80. The van der Waals surface area contributed by atoms with Gasteiger partial charge in [0.05, 0.1) is 0 Å². The van der Waals surface area contributed by atoms with Crippen molar-refractivity contribution in [3.63, 3.8) is 0 Å². The minimum atomic E-state index is -1.81. The van der Waals surface area contributed by atoms with Gasteiger partial charge in [-0.2, -0.15) is 9.97 Å². The van der Waals surface area contributed by atoms with E-state index in [0.717, 1.165) is 0 Å². The fourth-order valence-corrected chi connectivity index (χ4v) is 1.87. The molecule has 0 fully saturated rings. The number of nitrogens with one attached hydrogen (secondary N) is 1. The van der Waals surface area contributed by atoms with E-state index in [1.54, 1.807) is 0 Å². The summed E-state index contributed by atoms with van der Waals surface area (Å²) in [6.07, 6.45) is 0. The van der Waals surface area contributed by atoms with E-state index in [-0.39, 0.29) is 23.4 Å². The van der Waals surface area contributed by atoms with E-state index in [0.29, 0.717) is 12.1 Å². The zero-order chi connectivity index (χ0) is 17.3. The summed E-state index contributed by atoms with van der Waals surface area (Å²) in [6, 6.07) is 5.65. The van der Waals surface area contributed by atoms with Crippen LogP contribution in [-0.4, -0.2) is 27.0 Å². The van der Waals surface area contributed by atoms with Gasteiger partial charge in [0.1, 0.15) is 5.82 Å². The van der Waals surface area contributed by atoms with Gasteiger partial charge in [-0.1, -0.05) is 34.8 Å². The number of aromatic nitrogens is 3. The van der Waals surface area contributed by atoms with Gasteiger partial charge in [-0.3, -0.25) is 0 Å². The molecule has 124 valence electrons. The van der Waals surface area contributed by atoms with E-state index in [2.05, 4.69) is 20.3 Å². The summed E-state index contributed by atoms with van der Waals surface area (Å²) in [4.78, 5) is 12.5. The Morgan fingerprint density at radius 3 is 2.22 bits per heavy atom. The molecular formula is C14H15Cl3FN5. The molecule has 23 heavy (non-hydrogen) atoms. The molecule has 2 aromatic rings. The van der Waals surface area contributed by atoms with Gasteiger partial charge in [0.15, 0.2) is 11.6 Å². The zero-order valence-corrected chi connectivity index (χ0v) is 14.7. The number of nitrogens with zero attached hydrogens (tertiary/aromatic N) is 3. The summed E-state index contributed by atoms with van der Waals surface area (Å²) in [5.74, 6) is 0.0830. The predicted molar refractivity (Wildman–Crippen MR) is 91.2 cm³/mol. The molecule has 1 aromatic heterocycles. The molecule has 0 aliphatic carbocycles. The Kier molecular flexibility index (Phi) is 5.30. The fourth-order valence-electron chi connectivity index (χ4n) is 1.62. The van der Waals surface area contributed by atoms with Crippen molar-refractivity contribution in [2.75, 3.05) is 11.9 Å². The molecule has 1 aromatic carbocycles. The first-order chi connectivity index (χ1) is 10.5. The molecule has 0 bridgehead atoms. The highest BCUT2D eigenvalue weighted by molar-refractivity contribution is 6.66. The highest BCUT2D eigenvalue weighted by atomic mass is 35.6. The van der Waals surface area contributed by atoms with Gasteiger partial charge >= 0.3 is 0 Å². The third-order valence-corrected chi connectivity index (χ3v) is 3.20. The molecule has 0 spiro atoms. The van der Waals surface area contributed by atoms with Crippen LogP contribution in [0, 0.1) is 5.82 Å². The molecular weight excluding hydrogens is 364 g/mol. The van der Waals surface area contributed by atoms with Crippen LogP contribution in [0.3, 0.4) is 0 Å². The van der Waals surface area contributed by atoms with Crippen LogP contribution < -0.4 is 11.1 Å². The number of benzene rings is 1. The largest absolute Gasteiger partial charge is 0.352 e. The minimum absolute atomic E-state index is 0.0332. The Bertz CT molecular complexity index is 680. The molecule has 3 N–H and O–H groups in total. The topological polar surface area (TPSA) is 76.7 Å². The Morgan fingerprint density at radius 1 is 1.09 bits per heavy atom. The number of nitrogens with two attached hydrogens (primary N) is 1. The zero-order valence-electron chi connectivity index (χ0n) is 12.4. The van der Waals surface area contributed by atoms with E-state index in [4.69, 9.17) is 40.5 Å². The lowest BCUT2D eigenvalue weighted by atomic mass is 10.1. The van der Waals surface area contributed by atoms with E-state index >= 15 is 0 Å². The molecule has 0 atom stereocenters. The summed E-state index contributed by atoms with van der Waals surface area (Å²) >= 11 is 17.6. The van der Waals surface area contributed by atoms with Crippen LogP contribution in [0.1, 0.15) is 19.7 Å². The maximum atomic E-state index is 13.1. The summed E-state index contributed by atoms with van der Waals surface area (Å²) in [6.45, 7) is 4.09. The second-order valence-electron chi connectivity index (χ2n) is 5.65. The number of alkyl halides is 3. The van der Waals surface area contributed by atoms with Gasteiger partial charge in [-0.15, -0.1) is 0 Å². The molecule has 0 aliphatic rings. The van der Waals surface area contributed by atoms with Gasteiger partial charge in [0, 0.05) is 17.6 Å². The summed E-state index contributed by atoms with van der Waals surface area (Å²) in [5, 5.41) is 2.98. The van der Waals surface area contributed by atoms with Crippen LogP contribution in [0.15, 0.2) is 24.3 Å². The monoisotopic (exact) mass is 377 g/mol. The summed E-state index contributed by atoms with van der Waals surface area (Å²) in [5.41, 5.74) is 6.00. The molecule has 0 aliphatic heterocycles.